The molecule has 0 bridgehead atoms. The molecule has 0 saturated heterocycles. The van der Waals surface area contributed by atoms with Crippen LogP contribution in [0.3, 0.4) is 0 Å². The zero-order chi connectivity index (χ0) is 15.7. The van der Waals surface area contributed by atoms with E-state index in [2.05, 4.69) is 38.1 Å². The minimum absolute atomic E-state index is 0.230. The van der Waals surface area contributed by atoms with Gasteiger partial charge in [-0.25, -0.2) is 9.78 Å². The van der Waals surface area contributed by atoms with E-state index in [1.54, 1.807) is 0 Å². The summed E-state index contributed by atoms with van der Waals surface area (Å²) in [4.78, 5) is 15.6. The van der Waals surface area contributed by atoms with E-state index < -0.39 is 11.7 Å². The molecule has 5 nitrogen and oxygen atoms in total. The molecule has 0 fully saturated rings. The Morgan fingerprint density at radius 3 is 2.81 bits per heavy atom. The molecule has 6 heteroatoms. The Kier molecular flexibility index (Phi) is 7.20. The van der Waals surface area contributed by atoms with Crippen LogP contribution in [0.25, 0.3) is 0 Å². The third-order valence-electron chi connectivity index (χ3n) is 2.04. The fraction of sp³-hybridized carbons (Fsp3) is 0.467. The van der Waals surface area contributed by atoms with Crippen molar-refractivity contribution >= 4 is 22.0 Å². The highest BCUT2D eigenvalue weighted by Crippen LogP contribution is 2.07. The maximum absolute atomic E-state index is 11.3. The number of hydrogen-bond acceptors (Lipinski definition) is 4. The zero-order valence-corrected chi connectivity index (χ0v) is 14.0. The molecule has 0 spiro atoms. The van der Waals surface area contributed by atoms with Gasteiger partial charge in [0.2, 0.25) is 0 Å². The van der Waals surface area contributed by atoms with Crippen LogP contribution in [0.5, 0.6) is 0 Å². The van der Waals surface area contributed by atoms with Crippen molar-refractivity contribution < 1.29 is 14.3 Å². The van der Waals surface area contributed by atoms with Gasteiger partial charge in [0, 0.05) is 0 Å². The molecule has 1 aromatic rings. The molecular formula is C15H19BrN2O3. The van der Waals surface area contributed by atoms with Crippen molar-refractivity contribution in [1.82, 2.24) is 10.3 Å². The number of amides is 1. The maximum Gasteiger partial charge on any atom is 0.408 e. The lowest BCUT2D eigenvalue weighted by Crippen LogP contribution is -2.32. The van der Waals surface area contributed by atoms with Crippen LogP contribution in [0.15, 0.2) is 22.8 Å². The van der Waals surface area contributed by atoms with Crippen LogP contribution >= 0.6 is 15.9 Å². The summed E-state index contributed by atoms with van der Waals surface area (Å²) in [6.45, 7) is 6.33. The smallest absolute Gasteiger partial charge is 0.408 e. The molecule has 0 aliphatic carbocycles. The molecule has 0 aliphatic rings. The lowest BCUT2D eigenvalue weighted by atomic mass is 10.2. The molecule has 0 radical (unpaired) electrons. The second-order valence-corrected chi connectivity index (χ2v) is 5.97. The molecular weight excluding hydrogens is 336 g/mol. The van der Waals surface area contributed by atoms with E-state index in [-0.39, 0.29) is 13.2 Å². The second-order valence-electron chi connectivity index (χ2n) is 5.15. The predicted molar refractivity (Wildman–Crippen MR) is 83.6 cm³/mol. The van der Waals surface area contributed by atoms with Crippen molar-refractivity contribution in [3.05, 3.63) is 28.5 Å². The molecule has 1 aromatic heterocycles. The van der Waals surface area contributed by atoms with Gasteiger partial charge in [0.05, 0.1) is 18.8 Å². The number of nitrogens with one attached hydrogen (secondary N) is 1. The number of halogens is 1. The van der Waals surface area contributed by atoms with Crippen LogP contribution in [0.4, 0.5) is 4.79 Å². The molecule has 0 unspecified atom stereocenters. The normalized spacial score (nSPS) is 10.5. The van der Waals surface area contributed by atoms with Crippen molar-refractivity contribution in [1.29, 1.82) is 0 Å². The molecule has 1 rings (SSSR count). The SMILES string of the molecule is CC(C)(C)OC(=O)NCC#CCOCc1cccc(Br)n1. The first-order valence-electron chi connectivity index (χ1n) is 6.48. The maximum atomic E-state index is 11.3. The number of ether oxygens (including phenoxy) is 2. The van der Waals surface area contributed by atoms with E-state index in [1.807, 2.05) is 39.0 Å². The third-order valence-corrected chi connectivity index (χ3v) is 2.48. The number of nitrogens with zero attached hydrogens (tertiary/aromatic N) is 1. The van der Waals surface area contributed by atoms with Crippen molar-refractivity contribution in [2.45, 2.75) is 33.0 Å². The van der Waals surface area contributed by atoms with Gasteiger partial charge in [-0.1, -0.05) is 17.9 Å². The molecule has 1 amide bonds. The van der Waals surface area contributed by atoms with Gasteiger partial charge in [0.15, 0.2) is 0 Å². The number of aromatic nitrogens is 1. The quantitative estimate of drug-likeness (QED) is 0.513. The second kappa shape index (κ2) is 8.65. The fourth-order valence-electron chi connectivity index (χ4n) is 1.28. The summed E-state index contributed by atoms with van der Waals surface area (Å²) in [6.07, 6.45) is -0.476. The van der Waals surface area contributed by atoms with Gasteiger partial charge in [0.25, 0.3) is 0 Å². The molecule has 1 N–H and O–H groups in total. The highest BCUT2D eigenvalue weighted by molar-refractivity contribution is 9.10. The van der Waals surface area contributed by atoms with E-state index in [1.165, 1.54) is 0 Å². The average Bonchev–Trinajstić information content (AvgIpc) is 2.35. The molecule has 0 atom stereocenters. The first-order valence-corrected chi connectivity index (χ1v) is 7.28. The summed E-state index contributed by atoms with van der Waals surface area (Å²) in [6, 6.07) is 5.63. The highest BCUT2D eigenvalue weighted by atomic mass is 79.9. The van der Waals surface area contributed by atoms with Crippen molar-refractivity contribution in [2.24, 2.45) is 0 Å². The Bertz CT molecular complexity index is 530. The Hall–Kier alpha value is -1.58. The number of hydrogen-bond donors (Lipinski definition) is 1. The Labute approximate surface area is 133 Å². The van der Waals surface area contributed by atoms with Crippen LogP contribution in [-0.4, -0.2) is 29.8 Å². The third kappa shape index (κ3) is 9.05. The summed E-state index contributed by atoms with van der Waals surface area (Å²) in [7, 11) is 0. The molecule has 0 saturated carbocycles. The lowest BCUT2D eigenvalue weighted by molar-refractivity contribution is 0.0535. The summed E-state index contributed by atoms with van der Waals surface area (Å²) >= 11 is 3.29. The van der Waals surface area contributed by atoms with Gasteiger partial charge >= 0.3 is 6.09 Å². The zero-order valence-electron chi connectivity index (χ0n) is 12.4. The average molecular weight is 355 g/mol. The van der Waals surface area contributed by atoms with E-state index >= 15 is 0 Å². The lowest BCUT2D eigenvalue weighted by Gasteiger charge is -2.18. The summed E-state index contributed by atoms with van der Waals surface area (Å²) in [5.41, 5.74) is 0.329. The van der Waals surface area contributed by atoms with Gasteiger partial charge in [-0.3, -0.25) is 0 Å². The van der Waals surface area contributed by atoms with Crippen LogP contribution in [-0.2, 0) is 16.1 Å². The monoisotopic (exact) mass is 354 g/mol. The molecule has 114 valence electrons. The Balaban J connectivity index is 2.15. The fourth-order valence-corrected chi connectivity index (χ4v) is 1.66. The largest absolute Gasteiger partial charge is 0.444 e. The van der Waals surface area contributed by atoms with E-state index in [9.17, 15) is 4.79 Å². The van der Waals surface area contributed by atoms with Crippen molar-refractivity contribution in [2.75, 3.05) is 13.2 Å². The first kappa shape index (κ1) is 17.5. The summed E-state index contributed by atoms with van der Waals surface area (Å²) in [5, 5.41) is 2.55. The van der Waals surface area contributed by atoms with Crippen LogP contribution in [0.1, 0.15) is 26.5 Å². The molecule has 0 aliphatic heterocycles. The van der Waals surface area contributed by atoms with Gasteiger partial charge in [0.1, 0.15) is 16.8 Å². The van der Waals surface area contributed by atoms with Crippen LogP contribution in [0.2, 0.25) is 0 Å². The predicted octanol–water partition coefficient (Wildman–Crippen LogP) is 2.89. The van der Waals surface area contributed by atoms with Crippen LogP contribution in [0, 0.1) is 11.8 Å². The van der Waals surface area contributed by atoms with E-state index in [4.69, 9.17) is 9.47 Å². The minimum Gasteiger partial charge on any atom is -0.444 e. The van der Waals surface area contributed by atoms with Crippen molar-refractivity contribution in [3.8, 4) is 11.8 Å². The highest BCUT2D eigenvalue weighted by Gasteiger charge is 2.14. The van der Waals surface area contributed by atoms with Gasteiger partial charge < -0.3 is 14.8 Å². The number of carbonyl (C=O) groups is 1. The van der Waals surface area contributed by atoms with Gasteiger partial charge in [-0.05, 0) is 48.8 Å². The number of alkyl carbamates (subject to hydrolysis) is 1. The summed E-state index contributed by atoms with van der Waals surface area (Å²) < 4.78 is 11.2. The topological polar surface area (TPSA) is 60.5 Å². The van der Waals surface area contributed by atoms with Gasteiger partial charge in [-0.2, -0.15) is 0 Å². The Morgan fingerprint density at radius 1 is 1.38 bits per heavy atom. The molecule has 1 heterocycles. The van der Waals surface area contributed by atoms with E-state index in [0.717, 1.165) is 10.3 Å². The van der Waals surface area contributed by atoms with Gasteiger partial charge in [-0.15, -0.1) is 0 Å². The minimum atomic E-state index is -0.502. The standard InChI is InChI=1S/C15H19BrN2O3/c1-15(2,3)21-14(19)17-9-4-5-10-20-11-12-7-6-8-13(16)18-12/h6-8H,9-11H2,1-3H3,(H,17,19). The van der Waals surface area contributed by atoms with E-state index in [0.29, 0.717) is 6.61 Å². The summed E-state index contributed by atoms with van der Waals surface area (Å²) in [5.74, 6) is 5.59. The van der Waals surface area contributed by atoms with Crippen LogP contribution < -0.4 is 5.32 Å². The molecule has 0 aromatic carbocycles. The van der Waals surface area contributed by atoms with Crippen molar-refractivity contribution in [3.63, 3.8) is 0 Å². The number of pyridine rings is 1. The number of carbonyl (C=O) groups excluding carboxylic acids is 1. The first-order chi connectivity index (χ1) is 9.87. The Morgan fingerprint density at radius 2 is 2.14 bits per heavy atom. The number of rotatable bonds is 4. The molecule has 21 heavy (non-hydrogen) atoms.